The first-order valence-corrected chi connectivity index (χ1v) is 5.47. The third-order valence-corrected chi connectivity index (χ3v) is 2.99. The van der Waals surface area contributed by atoms with E-state index < -0.39 is 0 Å². The predicted molar refractivity (Wildman–Crippen MR) is 59.7 cm³/mol. The van der Waals surface area contributed by atoms with Crippen LogP contribution in [0.5, 0.6) is 0 Å². The highest BCUT2D eigenvalue weighted by molar-refractivity contribution is 5.79. The van der Waals surface area contributed by atoms with E-state index in [1.54, 1.807) is 16.8 Å². The topological polar surface area (TPSA) is 49.9 Å². The number of nitrogens with zero attached hydrogens (tertiary/aromatic N) is 2. The third-order valence-electron chi connectivity index (χ3n) is 2.99. The molecule has 1 heterocycles. The maximum absolute atomic E-state index is 11.8. The van der Waals surface area contributed by atoms with Gasteiger partial charge in [0.2, 0.25) is 5.91 Å². The summed E-state index contributed by atoms with van der Waals surface area (Å²) in [5.74, 6) is 0.146. The van der Waals surface area contributed by atoms with Crippen molar-refractivity contribution >= 4 is 12.0 Å². The third kappa shape index (κ3) is 2.87. The van der Waals surface area contributed by atoms with Gasteiger partial charge in [0.05, 0.1) is 7.11 Å². The van der Waals surface area contributed by atoms with Crippen molar-refractivity contribution in [1.29, 1.82) is 0 Å². The number of likely N-dealkylation sites (tertiary alicyclic amines) is 1. The Bertz CT molecular complexity index is 260. The highest BCUT2D eigenvalue weighted by atomic mass is 16.5. The van der Waals surface area contributed by atoms with E-state index in [2.05, 4.69) is 11.7 Å². The normalized spacial score (nSPS) is 17.1. The summed E-state index contributed by atoms with van der Waals surface area (Å²) in [5, 5.41) is 0. The summed E-state index contributed by atoms with van der Waals surface area (Å²) in [6.07, 6.45) is 1.10. The predicted octanol–water partition coefficient (Wildman–Crippen LogP) is 0.757. The molecule has 2 amide bonds. The number of carbonyl (C=O) groups excluding carboxylic acids is 2. The van der Waals surface area contributed by atoms with Gasteiger partial charge in [-0.1, -0.05) is 0 Å². The first-order chi connectivity index (χ1) is 7.60. The van der Waals surface area contributed by atoms with E-state index >= 15 is 0 Å². The first kappa shape index (κ1) is 12.8. The van der Waals surface area contributed by atoms with Crippen molar-refractivity contribution in [2.24, 2.45) is 5.92 Å². The van der Waals surface area contributed by atoms with Crippen LogP contribution in [0, 0.1) is 12.8 Å². The van der Waals surface area contributed by atoms with Gasteiger partial charge in [0.25, 0.3) is 0 Å². The van der Waals surface area contributed by atoms with Gasteiger partial charge in [-0.2, -0.15) is 0 Å². The second kappa shape index (κ2) is 5.72. The average molecular weight is 227 g/mol. The number of amides is 2. The van der Waals surface area contributed by atoms with Crippen molar-refractivity contribution in [3.8, 4) is 0 Å². The lowest BCUT2D eigenvalue weighted by Gasteiger charge is -2.32. The maximum atomic E-state index is 11.8. The average Bonchev–Trinajstić information content (AvgIpc) is 2.36. The molecule has 0 N–H and O–H groups in total. The fourth-order valence-corrected chi connectivity index (χ4v) is 1.86. The molecule has 0 spiro atoms. The number of carbonyl (C=O) groups is 2. The van der Waals surface area contributed by atoms with Crippen molar-refractivity contribution in [3.05, 3.63) is 6.92 Å². The SMILES string of the molecule is [CH2]CN(C)C(=O)C1CCN(C(=O)OC)CC1. The van der Waals surface area contributed by atoms with Crippen LogP contribution in [-0.4, -0.2) is 55.6 Å². The van der Waals surface area contributed by atoms with Crippen LogP contribution in [0.15, 0.2) is 0 Å². The second-order valence-corrected chi connectivity index (χ2v) is 3.99. The Morgan fingerprint density at radius 3 is 2.44 bits per heavy atom. The standard InChI is InChI=1S/C11H19N2O3/c1-4-12(2)10(14)9-5-7-13(8-6-9)11(15)16-3/h9H,1,4-8H2,2-3H3. The van der Waals surface area contributed by atoms with E-state index in [1.807, 2.05) is 0 Å². The lowest BCUT2D eigenvalue weighted by atomic mass is 9.95. The molecule has 0 unspecified atom stereocenters. The lowest BCUT2D eigenvalue weighted by molar-refractivity contribution is -0.135. The van der Waals surface area contributed by atoms with Crippen molar-refractivity contribution in [3.63, 3.8) is 0 Å². The number of hydrogen-bond acceptors (Lipinski definition) is 3. The van der Waals surface area contributed by atoms with Crippen molar-refractivity contribution in [2.75, 3.05) is 33.8 Å². The van der Waals surface area contributed by atoms with Crippen molar-refractivity contribution < 1.29 is 14.3 Å². The Morgan fingerprint density at radius 2 is 2.00 bits per heavy atom. The summed E-state index contributed by atoms with van der Waals surface area (Å²) in [6, 6.07) is 0. The molecule has 0 aromatic carbocycles. The fraction of sp³-hybridized carbons (Fsp3) is 0.727. The van der Waals surface area contributed by atoms with Crippen LogP contribution in [-0.2, 0) is 9.53 Å². The van der Waals surface area contributed by atoms with E-state index in [0.717, 1.165) is 0 Å². The van der Waals surface area contributed by atoms with Crippen molar-refractivity contribution in [1.82, 2.24) is 9.80 Å². The molecular formula is C11H19N2O3. The highest BCUT2D eigenvalue weighted by Crippen LogP contribution is 2.19. The quantitative estimate of drug-likeness (QED) is 0.699. The molecule has 1 fully saturated rings. The van der Waals surface area contributed by atoms with Gasteiger partial charge >= 0.3 is 6.09 Å². The molecular weight excluding hydrogens is 208 g/mol. The summed E-state index contributed by atoms with van der Waals surface area (Å²) >= 11 is 0. The number of ether oxygens (including phenoxy) is 1. The van der Waals surface area contributed by atoms with Crippen LogP contribution in [0.25, 0.3) is 0 Å². The monoisotopic (exact) mass is 227 g/mol. The van der Waals surface area contributed by atoms with Crippen LogP contribution in [0.3, 0.4) is 0 Å². The Hall–Kier alpha value is -1.26. The van der Waals surface area contributed by atoms with E-state index in [1.165, 1.54) is 7.11 Å². The summed E-state index contributed by atoms with van der Waals surface area (Å²) in [6.45, 7) is 5.34. The van der Waals surface area contributed by atoms with Crippen molar-refractivity contribution in [2.45, 2.75) is 12.8 Å². The molecule has 1 aliphatic heterocycles. The molecule has 0 bridgehead atoms. The number of methoxy groups -OCH3 is 1. The van der Waals surface area contributed by atoms with E-state index in [0.29, 0.717) is 32.5 Å². The molecule has 0 atom stereocenters. The van der Waals surface area contributed by atoms with Gasteiger partial charge < -0.3 is 14.5 Å². The van der Waals surface area contributed by atoms with Gasteiger partial charge in [-0.3, -0.25) is 4.79 Å². The molecule has 1 rings (SSSR count). The van der Waals surface area contributed by atoms with Crippen LogP contribution >= 0.6 is 0 Å². The van der Waals surface area contributed by atoms with Crippen LogP contribution in [0.4, 0.5) is 4.79 Å². The molecule has 0 aromatic heterocycles. The minimum absolute atomic E-state index is 0.0210. The number of rotatable bonds is 2. The molecule has 16 heavy (non-hydrogen) atoms. The summed E-state index contributed by atoms with van der Waals surface area (Å²) < 4.78 is 4.64. The molecule has 1 saturated heterocycles. The molecule has 0 saturated carbocycles. The Kier molecular flexibility index (Phi) is 4.58. The molecule has 1 radical (unpaired) electrons. The van der Waals surface area contributed by atoms with E-state index in [4.69, 9.17) is 0 Å². The zero-order chi connectivity index (χ0) is 12.1. The zero-order valence-electron chi connectivity index (χ0n) is 9.94. The van der Waals surface area contributed by atoms with Gasteiger partial charge in [-0.05, 0) is 19.8 Å². The minimum atomic E-state index is -0.309. The number of hydrogen-bond donors (Lipinski definition) is 0. The molecule has 0 aliphatic carbocycles. The Balaban J connectivity index is 2.43. The highest BCUT2D eigenvalue weighted by Gasteiger charge is 2.28. The second-order valence-electron chi connectivity index (χ2n) is 3.99. The largest absolute Gasteiger partial charge is 0.453 e. The van der Waals surface area contributed by atoms with Crippen LogP contribution in [0.2, 0.25) is 0 Å². The summed E-state index contributed by atoms with van der Waals surface area (Å²) in [7, 11) is 3.12. The van der Waals surface area contributed by atoms with Gasteiger partial charge in [0.15, 0.2) is 0 Å². The minimum Gasteiger partial charge on any atom is -0.453 e. The van der Waals surface area contributed by atoms with E-state index in [9.17, 15) is 9.59 Å². The molecule has 5 nitrogen and oxygen atoms in total. The fourth-order valence-electron chi connectivity index (χ4n) is 1.86. The Labute approximate surface area is 96.3 Å². The molecule has 91 valence electrons. The van der Waals surface area contributed by atoms with Gasteiger partial charge in [-0.15, -0.1) is 0 Å². The first-order valence-electron chi connectivity index (χ1n) is 5.47. The van der Waals surface area contributed by atoms with Gasteiger partial charge in [-0.25, -0.2) is 4.79 Å². The van der Waals surface area contributed by atoms with E-state index in [-0.39, 0.29) is 17.9 Å². The van der Waals surface area contributed by atoms with Gasteiger partial charge in [0.1, 0.15) is 0 Å². The lowest BCUT2D eigenvalue weighted by Crippen LogP contribution is -2.43. The molecule has 0 aromatic rings. The van der Waals surface area contributed by atoms with Crippen LogP contribution < -0.4 is 0 Å². The zero-order valence-corrected chi connectivity index (χ0v) is 9.94. The smallest absolute Gasteiger partial charge is 0.409 e. The number of piperidine rings is 1. The summed E-state index contributed by atoms with van der Waals surface area (Å²) in [5.41, 5.74) is 0. The Morgan fingerprint density at radius 1 is 1.44 bits per heavy atom. The maximum Gasteiger partial charge on any atom is 0.409 e. The van der Waals surface area contributed by atoms with Crippen LogP contribution in [0.1, 0.15) is 12.8 Å². The molecule has 1 aliphatic rings. The molecule has 5 heteroatoms. The van der Waals surface area contributed by atoms with Gasteiger partial charge in [0, 0.05) is 32.6 Å². The summed E-state index contributed by atoms with van der Waals surface area (Å²) in [4.78, 5) is 26.3.